The van der Waals surface area contributed by atoms with Gasteiger partial charge >= 0.3 is 0 Å². The average Bonchev–Trinajstić information content (AvgIpc) is 2.93. The predicted molar refractivity (Wildman–Crippen MR) is 139 cm³/mol. The van der Waals surface area contributed by atoms with E-state index in [1.54, 1.807) is 12.4 Å². The van der Waals surface area contributed by atoms with Crippen LogP contribution in [0.15, 0.2) is 72.0 Å². The minimum Gasteiger partial charge on any atom is -0.486 e. The molecule has 2 N–H and O–H groups in total. The van der Waals surface area contributed by atoms with Crippen molar-refractivity contribution < 1.29 is 14.3 Å². The monoisotopic (exact) mass is 485 g/mol. The summed E-state index contributed by atoms with van der Waals surface area (Å²) in [6, 6.07) is 17.2. The number of guanidine groups is 1. The molecule has 1 amide bonds. The number of fused-ring (bicyclic) bond motifs is 1. The number of piperidine rings is 1. The quantitative estimate of drug-likeness (QED) is 0.401. The van der Waals surface area contributed by atoms with Crippen molar-refractivity contribution in [3.05, 3.63) is 83.7 Å². The number of anilines is 1. The zero-order chi connectivity index (χ0) is 24.6. The number of benzene rings is 2. The molecule has 5 rings (SSSR count). The lowest BCUT2D eigenvalue weighted by Crippen LogP contribution is -2.36. The van der Waals surface area contributed by atoms with E-state index >= 15 is 0 Å². The smallest absolute Gasteiger partial charge is 0.257 e. The van der Waals surface area contributed by atoms with Crippen LogP contribution >= 0.6 is 0 Å². The number of pyridine rings is 1. The summed E-state index contributed by atoms with van der Waals surface area (Å²) in [5.74, 6) is 1.50. The molecule has 2 aliphatic heterocycles. The first kappa shape index (κ1) is 23.8. The van der Waals surface area contributed by atoms with E-state index in [-0.39, 0.29) is 5.91 Å². The third-order valence-corrected chi connectivity index (χ3v) is 6.28. The van der Waals surface area contributed by atoms with Crippen LogP contribution in [0.3, 0.4) is 0 Å². The van der Waals surface area contributed by atoms with Gasteiger partial charge in [0.05, 0.1) is 6.54 Å². The minimum absolute atomic E-state index is 0.224. The van der Waals surface area contributed by atoms with Gasteiger partial charge in [-0.05, 0) is 73.5 Å². The molecule has 1 saturated heterocycles. The number of hydrogen-bond donors (Lipinski definition) is 2. The van der Waals surface area contributed by atoms with Gasteiger partial charge in [0.2, 0.25) is 5.96 Å². The zero-order valence-electron chi connectivity index (χ0n) is 20.3. The fourth-order valence-electron chi connectivity index (χ4n) is 4.34. The van der Waals surface area contributed by atoms with E-state index in [2.05, 4.69) is 25.5 Å². The first-order chi connectivity index (χ1) is 17.7. The number of nitrogens with one attached hydrogen (secondary N) is 2. The lowest BCUT2D eigenvalue weighted by Gasteiger charge is -2.26. The van der Waals surface area contributed by atoms with Crippen LogP contribution in [0.25, 0.3) is 0 Å². The number of carbonyl (C=O) groups is 1. The molecule has 3 heterocycles. The molecular formula is C28H31N5O3. The van der Waals surface area contributed by atoms with Crippen LogP contribution in [0.4, 0.5) is 5.69 Å². The molecule has 186 valence electrons. The molecule has 0 aliphatic carbocycles. The molecule has 0 atom stereocenters. The number of ether oxygens (including phenoxy) is 2. The maximum atomic E-state index is 13.1. The summed E-state index contributed by atoms with van der Waals surface area (Å²) in [6.07, 6.45) is 7.30. The van der Waals surface area contributed by atoms with Crippen molar-refractivity contribution in [2.45, 2.75) is 32.4 Å². The summed E-state index contributed by atoms with van der Waals surface area (Å²) in [4.78, 5) is 24.2. The van der Waals surface area contributed by atoms with E-state index in [1.165, 1.54) is 24.8 Å². The maximum absolute atomic E-state index is 13.1. The van der Waals surface area contributed by atoms with Gasteiger partial charge in [-0.15, -0.1) is 0 Å². The molecule has 0 saturated carbocycles. The second-order valence-corrected chi connectivity index (χ2v) is 8.99. The summed E-state index contributed by atoms with van der Waals surface area (Å²) in [7, 11) is 0. The highest BCUT2D eigenvalue weighted by atomic mass is 16.6. The van der Waals surface area contributed by atoms with E-state index in [4.69, 9.17) is 9.47 Å². The van der Waals surface area contributed by atoms with Crippen molar-refractivity contribution in [2.24, 2.45) is 4.99 Å². The molecule has 3 aromatic rings. The number of rotatable bonds is 6. The van der Waals surface area contributed by atoms with Gasteiger partial charge in [-0.3, -0.25) is 20.0 Å². The highest BCUT2D eigenvalue weighted by Gasteiger charge is 2.15. The van der Waals surface area contributed by atoms with E-state index < -0.39 is 0 Å². The topological polar surface area (TPSA) is 88.1 Å². The Kier molecular flexibility index (Phi) is 7.73. The van der Waals surface area contributed by atoms with Crippen LogP contribution in [0.1, 0.15) is 40.7 Å². The first-order valence-electron chi connectivity index (χ1n) is 12.5. The summed E-state index contributed by atoms with van der Waals surface area (Å²) in [6.45, 7) is 4.64. The summed E-state index contributed by atoms with van der Waals surface area (Å²) in [5, 5.41) is 6.16. The number of hydrogen-bond acceptors (Lipinski definition) is 6. The van der Waals surface area contributed by atoms with Gasteiger partial charge in [-0.1, -0.05) is 18.6 Å². The molecule has 8 nitrogen and oxygen atoms in total. The lowest BCUT2D eigenvalue weighted by molar-refractivity contribution is 0.0977. The lowest BCUT2D eigenvalue weighted by atomic mass is 10.1. The van der Waals surface area contributed by atoms with Gasteiger partial charge < -0.3 is 14.8 Å². The Balaban J connectivity index is 1.28. The first-order valence-corrected chi connectivity index (χ1v) is 12.5. The number of carbonyl (C=O) groups excluding carboxylic acids is 1. The van der Waals surface area contributed by atoms with Crippen molar-refractivity contribution in [1.82, 2.24) is 15.2 Å². The molecule has 0 spiro atoms. The zero-order valence-corrected chi connectivity index (χ0v) is 20.3. The van der Waals surface area contributed by atoms with Crippen molar-refractivity contribution >= 4 is 17.6 Å². The highest BCUT2D eigenvalue weighted by molar-refractivity contribution is 6.10. The van der Waals surface area contributed by atoms with Crippen LogP contribution in [0.5, 0.6) is 11.5 Å². The molecule has 2 aromatic carbocycles. The van der Waals surface area contributed by atoms with Gasteiger partial charge in [0, 0.05) is 36.3 Å². The molecule has 0 unspecified atom stereocenters. The van der Waals surface area contributed by atoms with Crippen molar-refractivity contribution in [2.75, 3.05) is 31.6 Å². The van der Waals surface area contributed by atoms with E-state index in [0.717, 1.165) is 30.9 Å². The number of aromatic nitrogens is 1. The second kappa shape index (κ2) is 11.7. The normalized spacial score (nSPS) is 15.8. The summed E-state index contributed by atoms with van der Waals surface area (Å²) >= 11 is 0. The van der Waals surface area contributed by atoms with Gasteiger partial charge in [0.25, 0.3) is 5.91 Å². The van der Waals surface area contributed by atoms with E-state index in [1.807, 2.05) is 54.6 Å². The predicted octanol–water partition coefficient (Wildman–Crippen LogP) is 4.24. The second-order valence-electron chi connectivity index (χ2n) is 8.99. The van der Waals surface area contributed by atoms with Crippen LogP contribution in [0.2, 0.25) is 0 Å². The number of nitrogens with zero attached hydrogens (tertiary/aromatic N) is 3. The Hall–Kier alpha value is -3.91. The molecule has 2 aliphatic rings. The highest BCUT2D eigenvalue weighted by Crippen LogP contribution is 2.32. The molecular weight excluding hydrogens is 454 g/mol. The van der Waals surface area contributed by atoms with Crippen molar-refractivity contribution in [3.63, 3.8) is 0 Å². The van der Waals surface area contributed by atoms with Gasteiger partial charge in [0.1, 0.15) is 13.2 Å². The largest absolute Gasteiger partial charge is 0.486 e. The standard InChI is InChI=1S/C28H31N5O3/c34-27(23-6-4-22(5-7-23)20-33-14-2-1-3-15-33)32-28(30-19-21-10-12-29-13-11-21)31-24-8-9-25-26(18-24)36-17-16-35-25/h4-13,18H,1-3,14-17,19-20H2,(H2,30,31,32,34). The molecule has 36 heavy (non-hydrogen) atoms. The Morgan fingerprint density at radius 1 is 0.889 bits per heavy atom. The Morgan fingerprint density at radius 3 is 2.42 bits per heavy atom. The fourth-order valence-corrected chi connectivity index (χ4v) is 4.34. The number of amides is 1. The van der Waals surface area contributed by atoms with Crippen LogP contribution in [-0.4, -0.2) is 48.1 Å². The molecule has 8 heteroatoms. The summed E-state index contributed by atoms with van der Waals surface area (Å²) < 4.78 is 11.3. The van der Waals surface area contributed by atoms with Crippen LogP contribution < -0.4 is 20.1 Å². The Morgan fingerprint density at radius 2 is 1.64 bits per heavy atom. The maximum Gasteiger partial charge on any atom is 0.257 e. The molecule has 1 aromatic heterocycles. The van der Waals surface area contributed by atoms with Gasteiger partial charge in [-0.25, -0.2) is 4.99 Å². The fraction of sp³-hybridized carbons (Fsp3) is 0.321. The van der Waals surface area contributed by atoms with Crippen molar-refractivity contribution in [1.29, 1.82) is 0 Å². The number of likely N-dealkylation sites (tertiary alicyclic amines) is 1. The Bertz CT molecular complexity index is 1190. The Labute approximate surface area is 211 Å². The van der Waals surface area contributed by atoms with Crippen LogP contribution in [0, 0.1) is 0 Å². The SMILES string of the molecule is O=C(NC(=NCc1ccncc1)Nc1ccc2c(c1)OCCO2)c1ccc(CN2CCCCC2)cc1. The van der Waals surface area contributed by atoms with Crippen molar-refractivity contribution in [3.8, 4) is 11.5 Å². The van der Waals surface area contributed by atoms with Gasteiger partial charge in [0.15, 0.2) is 11.5 Å². The van der Waals surface area contributed by atoms with Crippen LogP contribution in [-0.2, 0) is 13.1 Å². The van der Waals surface area contributed by atoms with E-state index in [9.17, 15) is 4.79 Å². The van der Waals surface area contributed by atoms with E-state index in [0.29, 0.717) is 42.8 Å². The average molecular weight is 486 g/mol. The number of aliphatic imine (C=N–C) groups is 1. The summed E-state index contributed by atoms with van der Waals surface area (Å²) in [5.41, 5.74) is 3.53. The minimum atomic E-state index is -0.224. The molecule has 0 radical (unpaired) electrons. The third kappa shape index (κ3) is 6.40. The van der Waals surface area contributed by atoms with Gasteiger partial charge in [-0.2, -0.15) is 0 Å². The third-order valence-electron chi connectivity index (χ3n) is 6.28. The molecule has 1 fully saturated rings. The molecule has 0 bridgehead atoms.